The topological polar surface area (TPSA) is 167 Å². The average molecular weight is 714 g/mol. The summed E-state index contributed by atoms with van der Waals surface area (Å²) in [5, 5.41) is 10.5. The third kappa shape index (κ3) is 7.78. The van der Waals surface area contributed by atoms with E-state index < -0.39 is 27.8 Å². The number of carbonyl (C=O) groups is 2. The van der Waals surface area contributed by atoms with Crippen molar-refractivity contribution in [2.24, 2.45) is 0 Å². The summed E-state index contributed by atoms with van der Waals surface area (Å²) in [6, 6.07) is 14.6. The lowest BCUT2D eigenvalue weighted by Gasteiger charge is -2.22. The molecule has 0 radical (unpaired) electrons. The van der Waals surface area contributed by atoms with Crippen LogP contribution in [0.2, 0.25) is 5.02 Å². The van der Waals surface area contributed by atoms with Gasteiger partial charge >= 0.3 is 16.3 Å². The van der Waals surface area contributed by atoms with Crippen molar-refractivity contribution in [1.29, 1.82) is 0 Å². The van der Waals surface area contributed by atoms with Crippen molar-refractivity contribution < 1.29 is 32.2 Å². The number of aromatic nitrogens is 4. The fourth-order valence-electron chi connectivity index (χ4n) is 4.69. The number of hydrogen-bond donors (Lipinski definition) is 2. The maximum Gasteiger partial charge on any atom is 0.412 e. The molecule has 0 aliphatic rings. The van der Waals surface area contributed by atoms with Gasteiger partial charge in [0.15, 0.2) is 0 Å². The molecule has 0 atom stereocenters. The minimum Gasteiger partial charge on any atom is -0.497 e. The van der Waals surface area contributed by atoms with Crippen LogP contribution in [0, 0.1) is 0 Å². The van der Waals surface area contributed by atoms with Crippen LogP contribution in [0.5, 0.6) is 11.5 Å². The summed E-state index contributed by atoms with van der Waals surface area (Å²) in [7, 11) is -1.38. The van der Waals surface area contributed by atoms with Crippen LogP contribution >= 0.6 is 23.1 Å². The van der Waals surface area contributed by atoms with Gasteiger partial charge in [-0.1, -0.05) is 23.7 Å². The van der Waals surface area contributed by atoms with Crippen LogP contribution in [0.15, 0.2) is 67.1 Å². The van der Waals surface area contributed by atoms with Crippen molar-refractivity contribution in [3.05, 3.63) is 83.3 Å². The second kappa shape index (κ2) is 14.0. The maximum atomic E-state index is 14.2. The van der Waals surface area contributed by atoms with Gasteiger partial charge in [0.1, 0.15) is 23.4 Å². The van der Waals surface area contributed by atoms with Crippen molar-refractivity contribution in [2.45, 2.75) is 39.3 Å². The number of rotatable bonds is 11. The molecule has 17 heteroatoms. The van der Waals surface area contributed by atoms with Crippen molar-refractivity contribution >= 4 is 72.8 Å². The van der Waals surface area contributed by atoms with E-state index in [0.717, 1.165) is 19.9 Å². The summed E-state index contributed by atoms with van der Waals surface area (Å²) >= 11 is 7.05. The Kier molecular flexibility index (Phi) is 10.1. The second-order valence-electron chi connectivity index (χ2n) is 11.3. The van der Waals surface area contributed by atoms with E-state index in [0.29, 0.717) is 38.7 Å². The second-order valence-corrected chi connectivity index (χ2v) is 14.2. The molecule has 252 valence electrons. The normalized spacial score (nSPS) is 11.6. The highest BCUT2D eigenvalue weighted by molar-refractivity contribution is 7.91. The molecule has 5 aromatic rings. The van der Waals surface area contributed by atoms with Crippen LogP contribution in [0.3, 0.4) is 0 Å². The highest BCUT2D eigenvalue weighted by Gasteiger charge is 2.31. The third-order valence-corrected chi connectivity index (χ3v) is 9.41. The molecule has 0 aliphatic heterocycles. The van der Waals surface area contributed by atoms with E-state index in [1.807, 2.05) is 0 Å². The van der Waals surface area contributed by atoms with E-state index in [4.69, 9.17) is 25.8 Å². The largest absolute Gasteiger partial charge is 0.497 e. The van der Waals surface area contributed by atoms with Gasteiger partial charge in [0.05, 0.1) is 50.3 Å². The summed E-state index contributed by atoms with van der Waals surface area (Å²) in [4.78, 5) is 29.8. The van der Waals surface area contributed by atoms with Crippen LogP contribution in [0.25, 0.3) is 10.9 Å². The lowest BCUT2D eigenvalue weighted by atomic mass is 10.1. The van der Waals surface area contributed by atoms with Gasteiger partial charge in [-0.25, -0.2) is 14.1 Å². The van der Waals surface area contributed by atoms with Crippen molar-refractivity contribution in [2.75, 3.05) is 29.2 Å². The summed E-state index contributed by atoms with van der Waals surface area (Å²) in [5.74, 6) is 0.528. The van der Waals surface area contributed by atoms with E-state index in [1.54, 1.807) is 69.3 Å². The Balaban J connectivity index is 1.42. The van der Waals surface area contributed by atoms with Crippen molar-refractivity contribution in [1.82, 2.24) is 18.5 Å². The van der Waals surface area contributed by atoms with Gasteiger partial charge in [-0.3, -0.25) is 10.1 Å². The maximum absolute atomic E-state index is 14.2. The molecule has 5 rings (SSSR count). The number of anilines is 3. The number of halogens is 1. The van der Waals surface area contributed by atoms with Gasteiger partial charge in [0.25, 0.3) is 0 Å². The molecule has 0 fully saturated rings. The number of carbonyl (C=O) groups excluding carboxylic acids is 2. The number of methoxy groups -OCH3 is 2. The van der Waals surface area contributed by atoms with Gasteiger partial charge in [-0.05, 0) is 62.7 Å². The molecule has 3 aromatic carbocycles. The molecule has 2 N–H and O–H groups in total. The number of nitrogens with one attached hydrogen (secondary N) is 2. The summed E-state index contributed by atoms with van der Waals surface area (Å²) in [5.41, 5.74) is 1.11. The molecule has 0 saturated heterocycles. The Morgan fingerprint density at radius 1 is 1.00 bits per heavy atom. The molecule has 2 aromatic heterocycles. The van der Waals surface area contributed by atoms with Gasteiger partial charge in [0.2, 0.25) is 11.0 Å². The van der Waals surface area contributed by atoms with E-state index in [1.165, 1.54) is 32.8 Å². The number of nitrogens with zero attached hydrogens (tertiary/aromatic N) is 5. The van der Waals surface area contributed by atoms with E-state index in [-0.39, 0.29) is 29.3 Å². The van der Waals surface area contributed by atoms with Crippen molar-refractivity contribution in [3.8, 4) is 11.5 Å². The number of fused-ring (bicyclic) bond motifs is 1. The minimum absolute atomic E-state index is 0.116. The van der Waals surface area contributed by atoms with Crippen LogP contribution in [-0.2, 0) is 32.7 Å². The smallest absolute Gasteiger partial charge is 0.412 e. The van der Waals surface area contributed by atoms with Gasteiger partial charge < -0.3 is 19.5 Å². The average Bonchev–Trinajstić information content (AvgIpc) is 3.72. The van der Waals surface area contributed by atoms with Gasteiger partial charge in [0, 0.05) is 33.6 Å². The Morgan fingerprint density at radius 3 is 2.48 bits per heavy atom. The Bertz CT molecular complexity index is 2060. The lowest BCUT2D eigenvalue weighted by molar-refractivity contribution is -0.115. The molecule has 2 amide bonds. The molecule has 14 nitrogen and oxygen atoms in total. The molecule has 2 heterocycles. The Labute approximate surface area is 285 Å². The zero-order valence-electron chi connectivity index (χ0n) is 26.6. The first-order valence-electron chi connectivity index (χ1n) is 14.3. The zero-order valence-corrected chi connectivity index (χ0v) is 28.9. The molecular formula is C31H32ClN7O7S2. The summed E-state index contributed by atoms with van der Waals surface area (Å²) < 4.78 is 50.5. The molecule has 0 spiro atoms. The number of ether oxygens (including phenoxy) is 3. The first-order valence-corrected chi connectivity index (χ1v) is 16.9. The van der Waals surface area contributed by atoms with E-state index in [9.17, 15) is 18.0 Å². The van der Waals surface area contributed by atoms with Crippen LogP contribution in [0.4, 0.5) is 21.3 Å². The highest BCUT2D eigenvalue weighted by atomic mass is 35.5. The Hall–Kier alpha value is -4.93. The monoisotopic (exact) mass is 713 g/mol. The SMILES string of the molecule is COc1ccc(CN(c2ncns2)S(=O)(=O)n2ncc3c(CC(=O)Nc4ccc(Cl)cc4NC(=O)OC(C)(C)C)cccc32)c(OC)c1. The number of amides is 2. The fraction of sp³-hybridized carbons (Fsp3) is 0.258. The van der Waals surface area contributed by atoms with E-state index >= 15 is 0 Å². The summed E-state index contributed by atoms with van der Waals surface area (Å²) in [6.07, 6.45) is 1.80. The van der Waals surface area contributed by atoms with Gasteiger partial charge in [-0.2, -0.15) is 17.9 Å². The van der Waals surface area contributed by atoms with Crippen LogP contribution < -0.4 is 24.4 Å². The van der Waals surface area contributed by atoms with E-state index in [2.05, 4.69) is 25.1 Å². The Morgan fingerprint density at radius 2 is 1.79 bits per heavy atom. The quantitative estimate of drug-likeness (QED) is 0.169. The number of hydrogen-bond acceptors (Lipinski definition) is 11. The van der Waals surface area contributed by atoms with Crippen LogP contribution in [0.1, 0.15) is 31.9 Å². The number of benzene rings is 3. The predicted molar refractivity (Wildman–Crippen MR) is 183 cm³/mol. The fourth-order valence-corrected chi connectivity index (χ4v) is 6.99. The zero-order chi connectivity index (χ0) is 34.6. The molecule has 0 unspecified atom stereocenters. The standard InChI is InChI=1S/C31H32ClN7O7S2/c1-31(2,3)46-30(41)37-25-14-21(32)10-12-24(25)36-28(40)13-19-7-6-8-26-23(19)16-34-39(26)48(42,43)38(29-33-18-35-47-29)17-20-9-11-22(44-4)15-27(20)45-5/h6-12,14-16,18H,13,17H2,1-5H3,(H,36,40)(H,37,41). The molecule has 48 heavy (non-hydrogen) atoms. The molecular weight excluding hydrogens is 682 g/mol. The minimum atomic E-state index is -4.38. The first kappa shape index (κ1) is 34.4. The molecule has 0 aliphatic carbocycles. The lowest BCUT2D eigenvalue weighted by Crippen LogP contribution is -2.36. The predicted octanol–water partition coefficient (Wildman–Crippen LogP) is 5.89. The molecule has 0 bridgehead atoms. The third-order valence-electron chi connectivity index (χ3n) is 6.78. The van der Waals surface area contributed by atoms with Crippen molar-refractivity contribution in [3.63, 3.8) is 0 Å². The van der Waals surface area contributed by atoms with Gasteiger partial charge in [-0.15, -0.1) is 4.09 Å². The summed E-state index contributed by atoms with van der Waals surface area (Å²) in [6.45, 7) is 5.04. The first-order chi connectivity index (χ1) is 22.8. The van der Waals surface area contributed by atoms with Crippen LogP contribution in [-0.4, -0.2) is 58.8 Å². The molecule has 0 saturated carbocycles. The highest BCUT2D eigenvalue weighted by Crippen LogP contribution is 2.32.